The molecule has 1 aromatic carbocycles. The first kappa shape index (κ1) is 14.9. The van der Waals surface area contributed by atoms with E-state index >= 15 is 0 Å². The molecule has 1 atom stereocenters. The highest BCUT2D eigenvalue weighted by Crippen LogP contribution is 2.18. The standard InChI is InChI=1S/C15H13BrO3S/c1-9-3-8-13(20-9)15(18)19-10(2)14(17)11-4-6-12(16)7-5-11/h3-8,10H,1-2H3/t10-/m0/s1. The van der Waals surface area contributed by atoms with Crippen LogP contribution in [-0.2, 0) is 4.74 Å². The Kier molecular flexibility index (Phi) is 4.73. The number of ether oxygens (including phenoxy) is 1. The summed E-state index contributed by atoms with van der Waals surface area (Å²) < 4.78 is 6.10. The average Bonchev–Trinajstić information content (AvgIpc) is 2.85. The molecule has 0 fully saturated rings. The van der Waals surface area contributed by atoms with E-state index in [2.05, 4.69) is 15.9 Å². The van der Waals surface area contributed by atoms with Gasteiger partial charge in [-0.2, -0.15) is 0 Å². The van der Waals surface area contributed by atoms with E-state index in [0.29, 0.717) is 10.4 Å². The van der Waals surface area contributed by atoms with Crippen LogP contribution in [0.1, 0.15) is 31.8 Å². The lowest BCUT2D eigenvalue weighted by Crippen LogP contribution is -2.24. The Bertz CT molecular complexity index is 631. The van der Waals surface area contributed by atoms with E-state index in [1.54, 1.807) is 37.3 Å². The Morgan fingerprint density at radius 3 is 2.35 bits per heavy atom. The van der Waals surface area contributed by atoms with E-state index in [9.17, 15) is 9.59 Å². The van der Waals surface area contributed by atoms with Gasteiger partial charge < -0.3 is 4.74 Å². The molecule has 0 aliphatic heterocycles. The van der Waals surface area contributed by atoms with Gasteiger partial charge in [-0.25, -0.2) is 4.79 Å². The van der Waals surface area contributed by atoms with E-state index in [1.807, 2.05) is 13.0 Å². The Morgan fingerprint density at radius 1 is 1.15 bits per heavy atom. The molecule has 0 aliphatic carbocycles. The van der Waals surface area contributed by atoms with Crippen molar-refractivity contribution >= 4 is 39.0 Å². The van der Waals surface area contributed by atoms with Crippen molar-refractivity contribution in [3.63, 3.8) is 0 Å². The molecule has 0 radical (unpaired) electrons. The molecular weight excluding hydrogens is 340 g/mol. The van der Waals surface area contributed by atoms with E-state index < -0.39 is 12.1 Å². The van der Waals surface area contributed by atoms with Crippen LogP contribution in [-0.4, -0.2) is 17.9 Å². The predicted octanol–water partition coefficient (Wildman–Crippen LogP) is 4.25. The lowest BCUT2D eigenvalue weighted by Gasteiger charge is -2.11. The van der Waals surface area contributed by atoms with Crippen LogP contribution in [0, 0.1) is 6.92 Å². The van der Waals surface area contributed by atoms with Gasteiger partial charge in [0.2, 0.25) is 5.78 Å². The summed E-state index contributed by atoms with van der Waals surface area (Å²) in [5.41, 5.74) is 0.524. The lowest BCUT2D eigenvalue weighted by atomic mass is 10.1. The van der Waals surface area contributed by atoms with Crippen LogP contribution < -0.4 is 0 Å². The van der Waals surface area contributed by atoms with Crippen LogP contribution in [0.25, 0.3) is 0 Å². The highest BCUT2D eigenvalue weighted by Gasteiger charge is 2.21. The number of rotatable bonds is 4. The van der Waals surface area contributed by atoms with Crippen molar-refractivity contribution in [1.82, 2.24) is 0 Å². The van der Waals surface area contributed by atoms with E-state index in [-0.39, 0.29) is 5.78 Å². The van der Waals surface area contributed by atoms with Crippen molar-refractivity contribution in [1.29, 1.82) is 0 Å². The molecule has 0 N–H and O–H groups in total. The van der Waals surface area contributed by atoms with Crippen molar-refractivity contribution in [2.24, 2.45) is 0 Å². The van der Waals surface area contributed by atoms with Gasteiger partial charge in [0.05, 0.1) is 0 Å². The zero-order valence-electron chi connectivity index (χ0n) is 11.1. The largest absolute Gasteiger partial charge is 0.450 e. The first-order valence-corrected chi connectivity index (χ1v) is 7.65. The van der Waals surface area contributed by atoms with Gasteiger partial charge in [-0.05, 0) is 38.1 Å². The summed E-state index contributed by atoms with van der Waals surface area (Å²) in [6.45, 7) is 3.50. The zero-order valence-corrected chi connectivity index (χ0v) is 13.5. The minimum atomic E-state index is -0.800. The Labute approximate surface area is 129 Å². The molecule has 3 nitrogen and oxygen atoms in total. The Hall–Kier alpha value is -1.46. The number of thiophene rings is 1. The first-order valence-electron chi connectivity index (χ1n) is 6.04. The molecule has 0 saturated heterocycles. The summed E-state index contributed by atoms with van der Waals surface area (Å²) in [7, 11) is 0. The molecule has 0 amide bonds. The maximum atomic E-state index is 12.1. The first-order chi connectivity index (χ1) is 9.47. The topological polar surface area (TPSA) is 43.4 Å². The number of Topliss-reactive ketones (excluding diaryl/α,β-unsaturated/α-hetero) is 1. The van der Waals surface area contributed by atoms with E-state index in [1.165, 1.54) is 11.3 Å². The second-order valence-corrected chi connectivity index (χ2v) is 6.53. The third-order valence-electron chi connectivity index (χ3n) is 2.72. The number of hydrogen-bond acceptors (Lipinski definition) is 4. The van der Waals surface area contributed by atoms with Gasteiger partial charge >= 0.3 is 5.97 Å². The molecule has 1 heterocycles. The van der Waals surface area contributed by atoms with Gasteiger partial charge in [0.1, 0.15) is 4.88 Å². The summed E-state index contributed by atoms with van der Waals surface area (Å²) in [4.78, 5) is 25.6. The number of benzene rings is 1. The quantitative estimate of drug-likeness (QED) is 0.610. The van der Waals surface area contributed by atoms with Crippen molar-refractivity contribution in [2.75, 3.05) is 0 Å². The summed E-state index contributed by atoms with van der Waals surface area (Å²) in [5.74, 6) is -0.666. The maximum absolute atomic E-state index is 12.1. The molecule has 0 spiro atoms. The van der Waals surface area contributed by atoms with Gasteiger partial charge in [-0.3, -0.25) is 4.79 Å². The molecule has 0 aliphatic rings. The number of carbonyl (C=O) groups excluding carboxylic acids is 2. The number of aryl methyl sites for hydroxylation is 1. The highest BCUT2D eigenvalue weighted by molar-refractivity contribution is 9.10. The van der Waals surface area contributed by atoms with Gasteiger partial charge in [0, 0.05) is 14.9 Å². The Balaban J connectivity index is 2.04. The summed E-state index contributed by atoms with van der Waals surface area (Å²) in [6, 6.07) is 10.5. The minimum absolute atomic E-state index is 0.209. The monoisotopic (exact) mass is 352 g/mol. The van der Waals surface area contributed by atoms with Gasteiger partial charge in [-0.1, -0.05) is 28.1 Å². The lowest BCUT2D eigenvalue weighted by molar-refractivity contribution is 0.0323. The van der Waals surface area contributed by atoms with Crippen molar-refractivity contribution in [2.45, 2.75) is 20.0 Å². The van der Waals surface area contributed by atoms with E-state index in [0.717, 1.165) is 9.35 Å². The number of hydrogen-bond donors (Lipinski definition) is 0. The molecular formula is C15H13BrO3S. The second-order valence-electron chi connectivity index (χ2n) is 4.33. The fourth-order valence-corrected chi connectivity index (χ4v) is 2.68. The number of ketones is 1. The van der Waals surface area contributed by atoms with Gasteiger partial charge in [0.25, 0.3) is 0 Å². The number of esters is 1. The van der Waals surface area contributed by atoms with Crippen molar-refractivity contribution in [3.8, 4) is 0 Å². The molecule has 0 saturated carbocycles. The zero-order chi connectivity index (χ0) is 14.7. The normalized spacial score (nSPS) is 11.9. The molecule has 20 heavy (non-hydrogen) atoms. The smallest absolute Gasteiger partial charge is 0.349 e. The number of halogens is 1. The van der Waals surface area contributed by atoms with Gasteiger partial charge in [0.15, 0.2) is 6.10 Å². The van der Waals surface area contributed by atoms with Crippen LogP contribution in [0.4, 0.5) is 0 Å². The maximum Gasteiger partial charge on any atom is 0.349 e. The summed E-state index contributed by atoms with van der Waals surface area (Å²) in [6.07, 6.45) is -0.800. The van der Waals surface area contributed by atoms with Crippen LogP contribution in [0.2, 0.25) is 0 Å². The number of carbonyl (C=O) groups is 2. The van der Waals surface area contributed by atoms with Gasteiger partial charge in [-0.15, -0.1) is 11.3 Å². The van der Waals surface area contributed by atoms with Crippen molar-refractivity contribution in [3.05, 3.63) is 56.2 Å². The highest BCUT2D eigenvalue weighted by atomic mass is 79.9. The van der Waals surface area contributed by atoms with Crippen LogP contribution >= 0.6 is 27.3 Å². The molecule has 5 heteroatoms. The molecule has 0 unspecified atom stereocenters. The van der Waals surface area contributed by atoms with E-state index in [4.69, 9.17) is 4.74 Å². The second kappa shape index (κ2) is 6.33. The fourth-order valence-electron chi connectivity index (χ4n) is 1.67. The predicted molar refractivity (Wildman–Crippen MR) is 82.4 cm³/mol. The van der Waals surface area contributed by atoms with Crippen LogP contribution in [0.15, 0.2) is 40.9 Å². The summed E-state index contributed by atoms with van der Waals surface area (Å²) >= 11 is 4.66. The van der Waals surface area contributed by atoms with Crippen LogP contribution in [0.3, 0.4) is 0 Å². The molecule has 0 bridgehead atoms. The third-order valence-corrected chi connectivity index (χ3v) is 4.23. The third kappa shape index (κ3) is 3.55. The Morgan fingerprint density at radius 2 is 1.80 bits per heavy atom. The summed E-state index contributed by atoms with van der Waals surface area (Å²) in [5, 5.41) is 0. The van der Waals surface area contributed by atoms with Crippen molar-refractivity contribution < 1.29 is 14.3 Å². The molecule has 104 valence electrons. The molecule has 1 aromatic heterocycles. The SMILES string of the molecule is Cc1ccc(C(=O)O[C@@H](C)C(=O)c2ccc(Br)cc2)s1. The fraction of sp³-hybridized carbons (Fsp3) is 0.200. The van der Waals surface area contributed by atoms with Crippen LogP contribution in [0.5, 0.6) is 0 Å². The minimum Gasteiger partial charge on any atom is -0.450 e. The molecule has 2 rings (SSSR count). The molecule has 2 aromatic rings. The average molecular weight is 353 g/mol.